The first-order chi connectivity index (χ1) is 7.27. The van der Waals surface area contributed by atoms with E-state index >= 15 is 0 Å². The van der Waals surface area contributed by atoms with Crippen molar-refractivity contribution in [2.24, 2.45) is 5.73 Å². The highest BCUT2D eigenvalue weighted by atomic mass is 32.1. The predicted molar refractivity (Wildman–Crippen MR) is 52.5 cm³/mol. The minimum absolute atomic E-state index is 0.130. The highest BCUT2D eigenvalue weighted by Gasteiger charge is 2.37. The molecular formula is C9H6F5NS. The van der Waals surface area contributed by atoms with Crippen molar-refractivity contribution >= 4 is 18.3 Å². The van der Waals surface area contributed by atoms with Crippen LogP contribution in [0.5, 0.6) is 0 Å². The third-order valence-electron chi connectivity index (χ3n) is 1.80. The number of hydrogen-bond donors (Lipinski definition) is 2. The van der Waals surface area contributed by atoms with Gasteiger partial charge in [0.05, 0.1) is 0 Å². The maximum atomic E-state index is 13.0. The monoisotopic (exact) mass is 255 g/mol. The normalized spacial score (nSPS) is 13.0. The summed E-state index contributed by atoms with van der Waals surface area (Å²) in [4.78, 5) is 0. The van der Waals surface area contributed by atoms with E-state index in [9.17, 15) is 22.0 Å². The Morgan fingerprint density at radius 2 is 1.62 bits per heavy atom. The van der Waals surface area contributed by atoms with Gasteiger partial charge in [-0.15, -0.1) is 12.6 Å². The van der Waals surface area contributed by atoms with E-state index in [0.29, 0.717) is 12.1 Å². The molecule has 0 heterocycles. The summed E-state index contributed by atoms with van der Waals surface area (Å²) in [5.74, 6) is -3.42. The minimum Gasteiger partial charge on any atom is -0.398 e. The van der Waals surface area contributed by atoms with Gasteiger partial charge in [-0.2, -0.15) is 13.2 Å². The lowest BCUT2D eigenvalue weighted by Crippen LogP contribution is -2.12. The molecule has 7 heteroatoms. The molecule has 2 N–H and O–H groups in total. The molecule has 0 spiro atoms. The average molecular weight is 255 g/mol. The highest BCUT2D eigenvalue weighted by molar-refractivity contribution is 7.83. The van der Waals surface area contributed by atoms with Crippen LogP contribution in [-0.4, -0.2) is 0 Å². The van der Waals surface area contributed by atoms with Crippen LogP contribution in [0, 0.1) is 11.6 Å². The molecular weight excluding hydrogens is 249 g/mol. The van der Waals surface area contributed by atoms with E-state index in [1.807, 2.05) is 0 Å². The number of alkyl halides is 3. The fraction of sp³-hybridized carbons (Fsp3) is 0.111. The molecule has 0 saturated heterocycles. The molecule has 0 aliphatic rings. The SMILES string of the molecule is N/C(=C\S)c1cc(F)c(C(F)(F)F)c(F)c1. The maximum Gasteiger partial charge on any atom is 0.422 e. The Morgan fingerprint density at radius 3 is 1.94 bits per heavy atom. The quantitative estimate of drug-likeness (QED) is 0.585. The van der Waals surface area contributed by atoms with Gasteiger partial charge in [-0.25, -0.2) is 8.78 Å². The van der Waals surface area contributed by atoms with Crippen LogP contribution in [-0.2, 0) is 6.18 Å². The fourth-order valence-corrected chi connectivity index (χ4v) is 1.23. The average Bonchev–Trinajstić information content (AvgIpc) is 2.13. The van der Waals surface area contributed by atoms with E-state index in [2.05, 4.69) is 12.6 Å². The zero-order valence-electron chi connectivity index (χ0n) is 7.65. The van der Waals surface area contributed by atoms with Crippen LogP contribution >= 0.6 is 12.6 Å². The lowest BCUT2D eigenvalue weighted by Gasteiger charge is -2.10. The second kappa shape index (κ2) is 4.32. The molecule has 0 unspecified atom stereocenters. The first-order valence-electron chi connectivity index (χ1n) is 3.94. The summed E-state index contributed by atoms with van der Waals surface area (Å²) < 4.78 is 62.6. The molecule has 88 valence electrons. The maximum absolute atomic E-state index is 13.0. The first-order valence-corrected chi connectivity index (χ1v) is 4.45. The Labute approximate surface area is 93.2 Å². The van der Waals surface area contributed by atoms with Crippen molar-refractivity contribution in [2.45, 2.75) is 6.18 Å². The molecule has 0 aliphatic heterocycles. The molecule has 0 atom stereocenters. The van der Waals surface area contributed by atoms with Gasteiger partial charge >= 0.3 is 6.18 Å². The summed E-state index contributed by atoms with van der Waals surface area (Å²) in [6.45, 7) is 0. The minimum atomic E-state index is -5.08. The van der Waals surface area contributed by atoms with Crippen molar-refractivity contribution in [3.8, 4) is 0 Å². The molecule has 1 aromatic carbocycles. The van der Waals surface area contributed by atoms with Crippen molar-refractivity contribution in [2.75, 3.05) is 0 Å². The van der Waals surface area contributed by atoms with E-state index in [1.54, 1.807) is 0 Å². The molecule has 0 bridgehead atoms. The third-order valence-corrected chi connectivity index (χ3v) is 2.08. The molecule has 0 amide bonds. The molecule has 1 aromatic rings. The van der Waals surface area contributed by atoms with Gasteiger partial charge in [0.15, 0.2) is 0 Å². The molecule has 0 aliphatic carbocycles. The Bertz CT molecular complexity index is 415. The van der Waals surface area contributed by atoms with Crippen molar-refractivity contribution in [1.29, 1.82) is 0 Å². The zero-order valence-corrected chi connectivity index (χ0v) is 8.54. The smallest absolute Gasteiger partial charge is 0.398 e. The van der Waals surface area contributed by atoms with E-state index in [0.717, 1.165) is 5.41 Å². The standard InChI is InChI=1S/C9H6F5NS/c10-5-1-4(7(15)3-16)2-6(11)8(5)9(12,13)14/h1-3,16H,15H2/b7-3-. The van der Waals surface area contributed by atoms with Crippen molar-refractivity contribution in [3.05, 3.63) is 40.3 Å². The fourth-order valence-electron chi connectivity index (χ4n) is 1.09. The molecule has 0 aromatic heterocycles. The van der Waals surface area contributed by atoms with Gasteiger partial charge in [-0.05, 0) is 17.5 Å². The number of hydrogen-bond acceptors (Lipinski definition) is 2. The number of benzene rings is 1. The Balaban J connectivity index is 3.40. The van der Waals surface area contributed by atoms with E-state index in [1.165, 1.54) is 0 Å². The van der Waals surface area contributed by atoms with Crippen LogP contribution in [0.15, 0.2) is 17.5 Å². The van der Waals surface area contributed by atoms with Gasteiger partial charge in [0.25, 0.3) is 0 Å². The number of thiol groups is 1. The van der Waals surface area contributed by atoms with Crippen LogP contribution in [0.3, 0.4) is 0 Å². The van der Waals surface area contributed by atoms with Crippen molar-refractivity contribution < 1.29 is 22.0 Å². The van der Waals surface area contributed by atoms with E-state index < -0.39 is 23.4 Å². The van der Waals surface area contributed by atoms with Crippen LogP contribution in [0.1, 0.15) is 11.1 Å². The second-order valence-corrected chi connectivity index (χ2v) is 3.16. The Morgan fingerprint density at radius 1 is 1.19 bits per heavy atom. The topological polar surface area (TPSA) is 26.0 Å². The summed E-state index contributed by atoms with van der Waals surface area (Å²) in [7, 11) is 0. The van der Waals surface area contributed by atoms with Gasteiger partial charge in [0.1, 0.15) is 17.2 Å². The molecule has 1 nitrogen and oxygen atoms in total. The van der Waals surface area contributed by atoms with Gasteiger partial charge in [0.2, 0.25) is 0 Å². The molecule has 16 heavy (non-hydrogen) atoms. The Kier molecular flexibility index (Phi) is 3.47. The lowest BCUT2D eigenvalue weighted by atomic mass is 10.1. The molecule has 0 radical (unpaired) electrons. The van der Waals surface area contributed by atoms with Crippen LogP contribution < -0.4 is 5.73 Å². The number of rotatable bonds is 1. The molecule has 0 saturated carbocycles. The third kappa shape index (κ3) is 2.46. The Hall–Kier alpha value is -1.24. The molecule has 1 rings (SSSR count). The van der Waals surface area contributed by atoms with Crippen LogP contribution in [0.2, 0.25) is 0 Å². The first kappa shape index (κ1) is 12.8. The summed E-state index contributed by atoms with van der Waals surface area (Å²) in [5.41, 5.74) is 3.01. The van der Waals surface area contributed by atoms with Crippen molar-refractivity contribution in [3.63, 3.8) is 0 Å². The summed E-state index contributed by atoms with van der Waals surface area (Å²) in [6, 6.07) is 1.02. The number of halogens is 5. The molecule has 0 fully saturated rings. The largest absolute Gasteiger partial charge is 0.422 e. The zero-order chi connectivity index (χ0) is 12.5. The van der Waals surface area contributed by atoms with Crippen molar-refractivity contribution in [1.82, 2.24) is 0 Å². The van der Waals surface area contributed by atoms with Gasteiger partial charge < -0.3 is 5.73 Å². The second-order valence-electron chi connectivity index (χ2n) is 2.90. The van der Waals surface area contributed by atoms with E-state index in [4.69, 9.17) is 5.73 Å². The van der Waals surface area contributed by atoms with E-state index in [-0.39, 0.29) is 11.3 Å². The lowest BCUT2D eigenvalue weighted by molar-refractivity contribution is -0.142. The summed E-state index contributed by atoms with van der Waals surface area (Å²) >= 11 is 3.62. The summed E-state index contributed by atoms with van der Waals surface area (Å²) in [5, 5.41) is 1.03. The van der Waals surface area contributed by atoms with Crippen LogP contribution in [0.25, 0.3) is 5.70 Å². The number of nitrogens with two attached hydrogens (primary N) is 1. The van der Waals surface area contributed by atoms with Gasteiger partial charge in [-0.1, -0.05) is 0 Å². The van der Waals surface area contributed by atoms with Gasteiger partial charge in [0, 0.05) is 11.3 Å². The van der Waals surface area contributed by atoms with Gasteiger partial charge in [-0.3, -0.25) is 0 Å². The van der Waals surface area contributed by atoms with Crippen LogP contribution in [0.4, 0.5) is 22.0 Å². The summed E-state index contributed by atoms with van der Waals surface area (Å²) in [6.07, 6.45) is -5.08. The highest BCUT2D eigenvalue weighted by Crippen LogP contribution is 2.34. The predicted octanol–water partition coefficient (Wildman–Crippen LogP) is 3.17.